The monoisotopic (exact) mass is 450 g/mol. The van der Waals surface area contributed by atoms with Gasteiger partial charge in [-0.05, 0) is 19.1 Å². The molecule has 9 heteroatoms. The van der Waals surface area contributed by atoms with Gasteiger partial charge in [-0.1, -0.05) is 30.3 Å². The Morgan fingerprint density at radius 3 is 2.66 bits per heavy atom. The average molecular weight is 451 g/mol. The molecule has 2 aromatic carbocycles. The van der Waals surface area contributed by atoms with Gasteiger partial charge in [-0.3, -0.25) is 14.7 Å². The molecule has 0 aliphatic carbocycles. The van der Waals surface area contributed by atoms with Crippen molar-refractivity contribution in [2.45, 2.75) is 13.3 Å². The Morgan fingerprint density at radius 2 is 1.94 bits per heavy atom. The van der Waals surface area contributed by atoms with Crippen LogP contribution in [0.25, 0.3) is 16.4 Å². The third-order valence-electron chi connectivity index (χ3n) is 4.97. The standard InChI is InChI=1S/C23H22N4O4S/c1-14-17(12-21(28)24-18-10-9-16(30-2)11-20(18)31-3)22(29)27(26-14)23-25-19(13-32-23)15-7-5-4-6-8-15/h4-11,13,26H,12H2,1-3H3,(H,24,28). The summed E-state index contributed by atoms with van der Waals surface area (Å²) in [6.45, 7) is 1.76. The fourth-order valence-corrected chi connectivity index (χ4v) is 4.08. The van der Waals surface area contributed by atoms with E-state index in [0.717, 1.165) is 11.3 Å². The molecule has 0 aliphatic rings. The first kappa shape index (κ1) is 21.4. The maximum atomic E-state index is 13.0. The summed E-state index contributed by atoms with van der Waals surface area (Å²) in [7, 11) is 3.06. The minimum absolute atomic E-state index is 0.0831. The number of carbonyl (C=O) groups excluding carboxylic acids is 1. The van der Waals surface area contributed by atoms with Gasteiger partial charge >= 0.3 is 0 Å². The number of nitrogens with one attached hydrogen (secondary N) is 2. The van der Waals surface area contributed by atoms with Crippen LogP contribution >= 0.6 is 11.3 Å². The lowest BCUT2D eigenvalue weighted by molar-refractivity contribution is -0.115. The number of carbonyl (C=O) groups is 1. The number of aromatic amines is 1. The van der Waals surface area contributed by atoms with Gasteiger partial charge in [0.1, 0.15) is 11.5 Å². The summed E-state index contributed by atoms with van der Waals surface area (Å²) >= 11 is 1.36. The lowest BCUT2D eigenvalue weighted by atomic mass is 10.1. The van der Waals surface area contributed by atoms with Crippen LogP contribution in [0.3, 0.4) is 0 Å². The number of methoxy groups -OCH3 is 2. The van der Waals surface area contributed by atoms with E-state index in [2.05, 4.69) is 15.4 Å². The second kappa shape index (κ2) is 9.11. The third-order valence-corrected chi connectivity index (χ3v) is 5.79. The summed E-state index contributed by atoms with van der Waals surface area (Å²) in [5, 5.41) is 8.24. The third kappa shape index (κ3) is 4.28. The molecule has 1 amide bonds. The zero-order valence-corrected chi connectivity index (χ0v) is 18.7. The summed E-state index contributed by atoms with van der Waals surface area (Å²) < 4.78 is 11.9. The van der Waals surface area contributed by atoms with Crippen molar-refractivity contribution in [2.75, 3.05) is 19.5 Å². The van der Waals surface area contributed by atoms with Crippen LogP contribution in [0.15, 0.2) is 58.7 Å². The summed E-state index contributed by atoms with van der Waals surface area (Å²) in [5.41, 5.74) is 2.96. The topological polar surface area (TPSA) is 98.2 Å². The molecular weight excluding hydrogens is 428 g/mol. The zero-order valence-electron chi connectivity index (χ0n) is 17.8. The molecule has 0 radical (unpaired) electrons. The highest BCUT2D eigenvalue weighted by Gasteiger charge is 2.19. The van der Waals surface area contributed by atoms with E-state index in [0.29, 0.717) is 33.6 Å². The van der Waals surface area contributed by atoms with Gasteiger partial charge in [-0.15, -0.1) is 11.3 Å². The fraction of sp³-hybridized carbons (Fsp3) is 0.174. The molecule has 0 spiro atoms. The number of nitrogens with zero attached hydrogens (tertiary/aromatic N) is 2. The summed E-state index contributed by atoms with van der Waals surface area (Å²) in [4.78, 5) is 30.3. The normalized spacial score (nSPS) is 10.7. The predicted molar refractivity (Wildman–Crippen MR) is 124 cm³/mol. The van der Waals surface area contributed by atoms with Crippen molar-refractivity contribution >= 4 is 22.9 Å². The highest BCUT2D eigenvalue weighted by molar-refractivity contribution is 7.12. The van der Waals surface area contributed by atoms with Crippen LogP contribution in [-0.4, -0.2) is 34.9 Å². The first-order valence-corrected chi connectivity index (χ1v) is 10.7. The predicted octanol–water partition coefficient (Wildman–Crippen LogP) is 3.80. The SMILES string of the molecule is COc1ccc(NC(=O)Cc2c(C)[nH]n(-c3nc(-c4ccccc4)cs3)c2=O)c(OC)c1. The largest absolute Gasteiger partial charge is 0.497 e. The molecule has 0 saturated carbocycles. The minimum atomic E-state index is -0.330. The average Bonchev–Trinajstić information content (AvgIpc) is 3.40. The second-order valence-corrected chi connectivity index (χ2v) is 7.86. The summed E-state index contributed by atoms with van der Waals surface area (Å²) in [6.07, 6.45) is -0.0831. The molecule has 0 unspecified atom stereocenters. The van der Waals surface area contributed by atoms with Gasteiger partial charge in [0.15, 0.2) is 0 Å². The van der Waals surface area contributed by atoms with Crippen LogP contribution in [0.2, 0.25) is 0 Å². The molecule has 32 heavy (non-hydrogen) atoms. The lowest BCUT2D eigenvalue weighted by Crippen LogP contribution is -2.22. The Balaban J connectivity index is 1.55. The molecule has 2 aromatic heterocycles. The molecular formula is C23H22N4O4S. The number of ether oxygens (including phenoxy) is 2. The van der Waals surface area contributed by atoms with E-state index in [-0.39, 0.29) is 17.9 Å². The Bertz CT molecular complexity index is 1310. The Kier molecular flexibility index (Phi) is 6.09. The molecule has 2 heterocycles. The van der Waals surface area contributed by atoms with Crippen LogP contribution in [0.1, 0.15) is 11.3 Å². The number of hydrogen-bond donors (Lipinski definition) is 2. The summed E-state index contributed by atoms with van der Waals surface area (Å²) in [5.74, 6) is 0.753. The number of aromatic nitrogens is 3. The van der Waals surface area contributed by atoms with E-state index in [4.69, 9.17) is 9.47 Å². The van der Waals surface area contributed by atoms with Crippen LogP contribution < -0.4 is 20.3 Å². The number of H-pyrrole nitrogens is 1. The fourth-order valence-electron chi connectivity index (χ4n) is 3.29. The number of amides is 1. The molecule has 0 bridgehead atoms. The van der Waals surface area contributed by atoms with Gasteiger partial charge in [0.2, 0.25) is 11.0 Å². The van der Waals surface area contributed by atoms with E-state index in [9.17, 15) is 9.59 Å². The van der Waals surface area contributed by atoms with Crippen molar-refractivity contribution in [1.29, 1.82) is 0 Å². The molecule has 0 atom stereocenters. The molecule has 0 fully saturated rings. The summed E-state index contributed by atoms with van der Waals surface area (Å²) in [6, 6.07) is 14.8. The number of thiazole rings is 1. The quantitative estimate of drug-likeness (QED) is 0.446. The molecule has 0 aliphatic heterocycles. The highest BCUT2D eigenvalue weighted by atomic mass is 32.1. The van der Waals surface area contributed by atoms with E-state index in [1.54, 1.807) is 32.2 Å². The molecule has 8 nitrogen and oxygen atoms in total. The Labute approximate surface area is 188 Å². The number of rotatable bonds is 7. The number of anilines is 1. The first-order chi connectivity index (χ1) is 15.5. The van der Waals surface area contributed by atoms with Gasteiger partial charge in [-0.2, -0.15) is 4.68 Å². The zero-order chi connectivity index (χ0) is 22.7. The van der Waals surface area contributed by atoms with Gasteiger partial charge in [0.05, 0.1) is 32.0 Å². The van der Waals surface area contributed by atoms with E-state index >= 15 is 0 Å². The number of hydrogen-bond acceptors (Lipinski definition) is 6. The van der Waals surface area contributed by atoms with Crippen molar-refractivity contribution in [3.05, 3.63) is 75.5 Å². The van der Waals surface area contributed by atoms with Gasteiger partial charge in [-0.25, -0.2) is 4.98 Å². The molecule has 4 aromatic rings. The van der Waals surface area contributed by atoms with Gasteiger partial charge in [0, 0.05) is 28.3 Å². The number of benzene rings is 2. The van der Waals surface area contributed by atoms with Crippen LogP contribution in [0.5, 0.6) is 11.5 Å². The Hall–Kier alpha value is -3.85. The van der Waals surface area contributed by atoms with Gasteiger partial charge in [0.25, 0.3) is 5.56 Å². The highest BCUT2D eigenvalue weighted by Crippen LogP contribution is 2.29. The van der Waals surface area contributed by atoms with Crippen molar-refractivity contribution in [3.63, 3.8) is 0 Å². The van der Waals surface area contributed by atoms with Crippen molar-refractivity contribution < 1.29 is 14.3 Å². The maximum Gasteiger partial charge on any atom is 0.277 e. The Morgan fingerprint density at radius 1 is 1.16 bits per heavy atom. The lowest BCUT2D eigenvalue weighted by Gasteiger charge is -2.11. The number of aryl methyl sites for hydroxylation is 1. The van der Waals surface area contributed by atoms with Crippen LogP contribution in [0.4, 0.5) is 5.69 Å². The molecule has 164 valence electrons. The smallest absolute Gasteiger partial charge is 0.277 e. The van der Waals surface area contributed by atoms with Crippen molar-refractivity contribution in [1.82, 2.24) is 14.8 Å². The van der Waals surface area contributed by atoms with Crippen LogP contribution in [0, 0.1) is 6.92 Å². The van der Waals surface area contributed by atoms with Gasteiger partial charge < -0.3 is 14.8 Å². The maximum absolute atomic E-state index is 13.0. The molecule has 0 saturated heterocycles. The molecule has 4 rings (SSSR count). The van der Waals surface area contributed by atoms with E-state index < -0.39 is 0 Å². The van der Waals surface area contributed by atoms with Crippen molar-refractivity contribution in [3.8, 4) is 27.9 Å². The van der Waals surface area contributed by atoms with E-state index in [1.165, 1.54) is 23.1 Å². The van der Waals surface area contributed by atoms with Crippen molar-refractivity contribution in [2.24, 2.45) is 0 Å². The minimum Gasteiger partial charge on any atom is -0.497 e. The van der Waals surface area contributed by atoms with E-state index in [1.807, 2.05) is 35.7 Å². The second-order valence-electron chi connectivity index (χ2n) is 7.03. The van der Waals surface area contributed by atoms with Crippen LogP contribution in [-0.2, 0) is 11.2 Å². The molecule has 2 N–H and O–H groups in total. The first-order valence-electron chi connectivity index (χ1n) is 9.84.